The highest BCUT2D eigenvalue weighted by Gasteiger charge is 2.00. The monoisotopic (exact) mass is 284 g/mol. The fourth-order valence-electron chi connectivity index (χ4n) is 2.02. The Balaban J connectivity index is 2.02. The minimum absolute atomic E-state index is 0.145. The van der Waals surface area contributed by atoms with Crippen LogP contribution in [0.15, 0.2) is 47.4 Å². The van der Waals surface area contributed by atoms with Gasteiger partial charge in [-0.25, -0.2) is 4.98 Å². The van der Waals surface area contributed by atoms with E-state index < -0.39 is 0 Å². The molecule has 0 aliphatic carbocycles. The number of H-pyrrole nitrogens is 1. The van der Waals surface area contributed by atoms with Gasteiger partial charge in [-0.3, -0.25) is 4.79 Å². The van der Waals surface area contributed by atoms with Crippen LogP contribution in [0.4, 0.5) is 0 Å². The first-order valence-corrected chi connectivity index (χ1v) is 7.13. The molecule has 2 rings (SSSR count). The van der Waals surface area contributed by atoms with Gasteiger partial charge >= 0.3 is 0 Å². The van der Waals surface area contributed by atoms with Crippen LogP contribution in [0.3, 0.4) is 0 Å². The van der Waals surface area contributed by atoms with E-state index in [1.54, 1.807) is 0 Å². The van der Waals surface area contributed by atoms with Crippen LogP contribution in [0.1, 0.15) is 25.8 Å². The SMILES string of the molecule is CCOC(C)C/C=C/c1ccc(-c2nccc(=O)[nH]2)cc1. The van der Waals surface area contributed by atoms with Crippen LogP contribution >= 0.6 is 0 Å². The summed E-state index contributed by atoms with van der Waals surface area (Å²) in [5.74, 6) is 0.586. The van der Waals surface area contributed by atoms with Crippen molar-refractivity contribution >= 4 is 6.08 Å². The van der Waals surface area contributed by atoms with E-state index in [0.717, 1.165) is 24.2 Å². The Bertz CT molecular complexity index is 644. The normalized spacial score (nSPS) is 12.7. The van der Waals surface area contributed by atoms with Gasteiger partial charge in [0.2, 0.25) is 0 Å². The first-order chi connectivity index (χ1) is 10.2. The maximum absolute atomic E-state index is 11.3. The standard InChI is InChI=1S/C17H20N2O2/c1-3-21-13(2)5-4-6-14-7-9-15(10-8-14)17-18-12-11-16(20)19-17/h4,6-13H,3,5H2,1-2H3,(H,18,19,20)/b6-4+. The van der Waals surface area contributed by atoms with Crippen molar-refractivity contribution in [1.82, 2.24) is 9.97 Å². The van der Waals surface area contributed by atoms with Gasteiger partial charge in [-0.05, 0) is 25.8 Å². The van der Waals surface area contributed by atoms with E-state index >= 15 is 0 Å². The largest absolute Gasteiger partial charge is 0.378 e. The van der Waals surface area contributed by atoms with Gasteiger partial charge in [0.1, 0.15) is 5.82 Å². The number of nitrogens with zero attached hydrogens (tertiary/aromatic N) is 1. The van der Waals surface area contributed by atoms with Gasteiger partial charge < -0.3 is 9.72 Å². The van der Waals surface area contributed by atoms with Crippen molar-refractivity contribution < 1.29 is 4.74 Å². The fourth-order valence-corrected chi connectivity index (χ4v) is 2.02. The molecule has 0 spiro atoms. The summed E-state index contributed by atoms with van der Waals surface area (Å²) in [6.07, 6.45) is 6.82. The number of benzene rings is 1. The summed E-state index contributed by atoms with van der Waals surface area (Å²) >= 11 is 0. The van der Waals surface area contributed by atoms with Gasteiger partial charge in [0.25, 0.3) is 5.56 Å². The summed E-state index contributed by atoms with van der Waals surface area (Å²) in [5, 5.41) is 0. The van der Waals surface area contributed by atoms with Crippen LogP contribution in [-0.4, -0.2) is 22.7 Å². The molecule has 1 heterocycles. The molecule has 1 N–H and O–H groups in total. The molecule has 4 heteroatoms. The highest BCUT2D eigenvalue weighted by molar-refractivity contribution is 5.59. The molecule has 1 atom stereocenters. The summed E-state index contributed by atoms with van der Waals surface area (Å²) in [7, 11) is 0. The molecule has 0 amide bonds. The Hall–Kier alpha value is -2.20. The van der Waals surface area contributed by atoms with Gasteiger partial charge in [0.05, 0.1) is 6.10 Å². The average Bonchev–Trinajstić information content (AvgIpc) is 2.48. The molecule has 110 valence electrons. The molecular formula is C17H20N2O2. The molecule has 0 bridgehead atoms. The number of ether oxygens (including phenoxy) is 1. The zero-order chi connectivity index (χ0) is 15.1. The van der Waals surface area contributed by atoms with Crippen LogP contribution in [0.2, 0.25) is 0 Å². The highest BCUT2D eigenvalue weighted by Crippen LogP contribution is 2.15. The smallest absolute Gasteiger partial charge is 0.251 e. The zero-order valence-electron chi connectivity index (χ0n) is 12.4. The lowest BCUT2D eigenvalue weighted by Gasteiger charge is -2.07. The summed E-state index contributed by atoms with van der Waals surface area (Å²) in [6.45, 7) is 4.81. The van der Waals surface area contributed by atoms with Gasteiger partial charge in [-0.2, -0.15) is 0 Å². The summed E-state index contributed by atoms with van der Waals surface area (Å²) < 4.78 is 5.47. The molecule has 0 aliphatic heterocycles. The van der Waals surface area contributed by atoms with Crippen molar-refractivity contribution in [3.05, 3.63) is 58.5 Å². The van der Waals surface area contributed by atoms with E-state index in [2.05, 4.69) is 29.0 Å². The van der Waals surface area contributed by atoms with E-state index in [-0.39, 0.29) is 11.7 Å². The van der Waals surface area contributed by atoms with Gasteiger partial charge in [-0.1, -0.05) is 36.4 Å². The molecule has 0 radical (unpaired) electrons. The van der Waals surface area contributed by atoms with E-state index in [1.165, 1.54) is 12.3 Å². The zero-order valence-corrected chi connectivity index (χ0v) is 12.4. The molecule has 4 nitrogen and oxygen atoms in total. The number of hydrogen-bond acceptors (Lipinski definition) is 3. The van der Waals surface area contributed by atoms with E-state index in [1.807, 2.05) is 31.2 Å². The topological polar surface area (TPSA) is 55.0 Å². The van der Waals surface area contributed by atoms with E-state index in [4.69, 9.17) is 4.74 Å². The second-order valence-electron chi connectivity index (χ2n) is 4.81. The van der Waals surface area contributed by atoms with Crippen molar-refractivity contribution in [2.45, 2.75) is 26.4 Å². The Morgan fingerprint density at radius 2 is 2.05 bits per heavy atom. The Labute approximate surface area is 124 Å². The van der Waals surface area contributed by atoms with E-state index in [0.29, 0.717) is 5.82 Å². The predicted octanol–water partition coefficient (Wildman–Crippen LogP) is 3.27. The molecule has 2 aromatic rings. The molecular weight excluding hydrogens is 264 g/mol. The quantitative estimate of drug-likeness (QED) is 0.885. The predicted molar refractivity (Wildman–Crippen MR) is 85.0 cm³/mol. The fraction of sp³-hybridized carbons (Fsp3) is 0.294. The molecule has 0 saturated heterocycles. The number of rotatable bonds is 6. The molecule has 0 saturated carbocycles. The number of nitrogens with one attached hydrogen (secondary N) is 1. The Morgan fingerprint density at radius 1 is 1.29 bits per heavy atom. The van der Waals surface area contributed by atoms with Crippen molar-refractivity contribution in [3.8, 4) is 11.4 Å². The van der Waals surface area contributed by atoms with Crippen LogP contribution < -0.4 is 5.56 Å². The minimum atomic E-state index is -0.145. The highest BCUT2D eigenvalue weighted by atomic mass is 16.5. The third-order valence-corrected chi connectivity index (χ3v) is 3.08. The summed E-state index contributed by atoms with van der Waals surface area (Å²) in [5.41, 5.74) is 1.86. The van der Waals surface area contributed by atoms with Crippen LogP contribution in [0.5, 0.6) is 0 Å². The summed E-state index contributed by atoms with van der Waals surface area (Å²) in [6, 6.07) is 9.31. The molecule has 1 aromatic carbocycles. The van der Waals surface area contributed by atoms with E-state index in [9.17, 15) is 4.79 Å². The van der Waals surface area contributed by atoms with Gasteiger partial charge in [0, 0.05) is 24.4 Å². The third-order valence-electron chi connectivity index (χ3n) is 3.08. The summed E-state index contributed by atoms with van der Waals surface area (Å²) in [4.78, 5) is 18.1. The maximum Gasteiger partial charge on any atom is 0.251 e. The van der Waals surface area contributed by atoms with Gasteiger partial charge in [-0.15, -0.1) is 0 Å². The Morgan fingerprint density at radius 3 is 2.71 bits per heavy atom. The first-order valence-electron chi connectivity index (χ1n) is 7.13. The van der Waals surface area contributed by atoms with Crippen LogP contribution in [0.25, 0.3) is 17.5 Å². The first kappa shape index (κ1) is 15.2. The Kier molecular flexibility index (Phi) is 5.46. The van der Waals surface area contributed by atoms with Gasteiger partial charge in [0.15, 0.2) is 0 Å². The molecule has 1 unspecified atom stereocenters. The number of hydrogen-bond donors (Lipinski definition) is 1. The van der Waals surface area contributed by atoms with Crippen molar-refractivity contribution in [2.24, 2.45) is 0 Å². The van der Waals surface area contributed by atoms with Crippen molar-refractivity contribution in [1.29, 1.82) is 0 Å². The van der Waals surface area contributed by atoms with Crippen molar-refractivity contribution in [2.75, 3.05) is 6.61 Å². The average molecular weight is 284 g/mol. The lowest BCUT2D eigenvalue weighted by molar-refractivity contribution is 0.0788. The van der Waals surface area contributed by atoms with Crippen LogP contribution in [0, 0.1) is 0 Å². The third kappa shape index (κ3) is 4.68. The van der Waals surface area contributed by atoms with Crippen LogP contribution in [-0.2, 0) is 4.74 Å². The molecule has 21 heavy (non-hydrogen) atoms. The number of aromatic nitrogens is 2. The maximum atomic E-state index is 11.3. The minimum Gasteiger partial charge on any atom is -0.378 e. The lowest BCUT2D eigenvalue weighted by atomic mass is 10.1. The number of aromatic amines is 1. The lowest BCUT2D eigenvalue weighted by Crippen LogP contribution is -2.05. The second-order valence-corrected chi connectivity index (χ2v) is 4.81. The molecule has 0 fully saturated rings. The van der Waals surface area contributed by atoms with Crippen molar-refractivity contribution in [3.63, 3.8) is 0 Å². The molecule has 0 aliphatic rings. The molecule has 1 aromatic heterocycles. The second kappa shape index (κ2) is 7.55.